The average molecular weight is 322 g/mol. The Morgan fingerprint density at radius 1 is 1.43 bits per heavy atom. The molecule has 1 aliphatic rings. The van der Waals surface area contributed by atoms with Crippen molar-refractivity contribution in [2.45, 2.75) is 52.2 Å². The van der Waals surface area contributed by atoms with Gasteiger partial charge in [0.15, 0.2) is 0 Å². The number of hydrogen-bond donors (Lipinski definition) is 0. The van der Waals surface area contributed by atoms with Crippen LogP contribution in [0.5, 0.6) is 0 Å². The Bertz CT molecular complexity index is 485. The van der Waals surface area contributed by atoms with Crippen LogP contribution in [0.3, 0.4) is 0 Å². The number of carbonyl (C=O) groups excluding carboxylic acids is 1. The number of carbonyl (C=O) groups is 1. The number of likely N-dealkylation sites (tertiary alicyclic amines) is 1. The monoisotopic (exact) mass is 322 g/mol. The van der Waals surface area contributed by atoms with Gasteiger partial charge >= 0.3 is 6.09 Å². The van der Waals surface area contributed by atoms with E-state index in [9.17, 15) is 4.79 Å². The smallest absolute Gasteiger partial charge is 0.410 e. The predicted molar refractivity (Wildman–Crippen MR) is 90.3 cm³/mol. The summed E-state index contributed by atoms with van der Waals surface area (Å²) in [5.41, 5.74) is -0.424. The maximum absolute atomic E-state index is 12.1. The molecule has 1 fully saturated rings. The van der Waals surface area contributed by atoms with E-state index in [1.807, 2.05) is 37.8 Å². The molecule has 1 aliphatic heterocycles. The highest BCUT2D eigenvalue weighted by Crippen LogP contribution is 2.24. The summed E-state index contributed by atoms with van der Waals surface area (Å²) in [6, 6.07) is 4.22. The Morgan fingerprint density at radius 3 is 2.61 bits per heavy atom. The van der Waals surface area contributed by atoms with Crippen LogP contribution in [0.1, 0.15) is 52.3 Å². The second-order valence-electron chi connectivity index (χ2n) is 7.54. The summed E-state index contributed by atoms with van der Waals surface area (Å²) in [4.78, 5) is 16.2. The van der Waals surface area contributed by atoms with Gasteiger partial charge in [-0.3, -0.25) is 4.90 Å². The van der Waals surface area contributed by atoms with Crippen molar-refractivity contribution in [3.05, 3.63) is 24.2 Å². The standard InChI is InChI=1S/C18H30N2O3/c1-14(16-7-6-12-22-16)19(5)13-15-8-10-20(11-9-15)17(21)23-18(2,3)4/h6-7,12,14-15H,8-11,13H2,1-5H3/t14-/m1/s1. The molecule has 0 unspecified atom stereocenters. The van der Waals surface area contributed by atoms with Gasteiger partial charge in [0.2, 0.25) is 0 Å². The van der Waals surface area contributed by atoms with Gasteiger partial charge < -0.3 is 14.1 Å². The van der Waals surface area contributed by atoms with Gasteiger partial charge in [-0.1, -0.05) is 0 Å². The van der Waals surface area contributed by atoms with Crippen molar-refractivity contribution >= 4 is 6.09 Å². The van der Waals surface area contributed by atoms with E-state index in [1.165, 1.54) is 0 Å². The van der Waals surface area contributed by atoms with Crippen molar-refractivity contribution in [1.29, 1.82) is 0 Å². The lowest BCUT2D eigenvalue weighted by Gasteiger charge is -2.35. The minimum atomic E-state index is -0.424. The third-order valence-corrected chi connectivity index (χ3v) is 4.43. The number of ether oxygens (including phenoxy) is 1. The second kappa shape index (κ2) is 7.39. The van der Waals surface area contributed by atoms with Gasteiger partial charge in [-0.15, -0.1) is 0 Å². The zero-order chi connectivity index (χ0) is 17.0. The lowest BCUT2D eigenvalue weighted by molar-refractivity contribution is 0.0167. The molecule has 0 saturated carbocycles. The molecule has 1 aromatic heterocycles. The normalized spacial score (nSPS) is 18.3. The van der Waals surface area contributed by atoms with E-state index in [-0.39, 0.29) is 12.1 Å². The number of hydrogen-bond acceptors (Lipinski definition) is 4. The number of rotatable bonds is 4. The van der Waals surface area contributed by atoms with Gasteiger partial charge in [-0.2, -0.15) is 0 Å². The second-order valence-corrected chi connectivity index (χ2v) is 7.54. The fourth-order valence-corrected chi connectivity index (χ4v) is 2.94. The molecule has 0 aromatic carbocycles. The molecule has 0 spiro atoms. The molecule has 5 heteroatoms. The van der Waals surface area contributed by atoms with Crippen molar-refractivity contribution in [3.8, 4) is 0 Å². The molecular weight excluding hydrogens is 292 g/mol. The predicted octanol–water partition coefficient (Wildman–Crippen LogP) is 3.92. The summed E-state index contributed by atoms with van der Waals surface area (Å²) in [6.07, 6.45) is 3.58. The number of amides is 1. The molecule has 1 amide bonds. The summed E-state index contributed by atoms with van der Waals surface area (Å²) in [5.74, 6) is 1.61. The van der Waals surface area contributed by atoms with Crippen molar-refractivity contribution in [1.82, 2.24) is 9.80 Å². The Morgan fingerprint density at radius 2 is 2.09 bits per heavy atom. The minimum Gasteiger partial charge on any atom is -0.468 e. The highest BCUT2D eigenvalue weighted by molar-refractivity contribution is 5.68. The Kier molecular flexibility index (Phi) is 5.74. The maximum atomic E-state index is 12.1. The Hall–Kier alpha value is -1.49. The molecule has 23 heavy (non-hydrogen) atoms. The minimum absolute atomic E-state index is 0.187. The first kappa shape index (κ1) is 17.9. The molecular formula is C18H30N2O3. The van der Waals surface area contributed by atoms with Crippen LogP contribution < -0.4 is 0 Å². The molecule has 0 radical (unpaired) electrons. The average Bonchev–Trinajstić information content (AvgIpc) is 2.99. The molecule has 1 aromatic rings. The van der Waals surface area contributed by atoms with E-state index in [0.29, 0.717) is 5.92 Å². The molecule has 0 N–H and O–H groups in total. The number of nitrogens with zero attached hydrogens (tertiary/aromatic N) is 2. The van der Waals surface area contributed by atoms with Crippen LogP contribution in [0.15, 0.2) is 22.8 Å². The molecule has 0 aliphatic carbocycles. The zero-order valence-corrected chi connectivity index (χ0v) is 15.0. The van der Waals surface area contributed by atoms with E-state index >= 15 is 0 Å². The van der Waals surface area contributed by atoms with Crippen LogP contribution in [0.2, 0.25) is 0 Å². The molecule has 1 saturated heterocycles. The van der Waals surface area contributed by atoms with Crippen LogP contribution in [0, 0.1) is 5.92 Å². The van der Waals surface area contributed by atoms with Gasteiger partial charge in [0, 0.05) is 19.6 Å². The Balaban J connectivity index is 1.77. The van der Waals surface area contributed by atoms with Crippen LogP contribution in [0.25, 0.3) is 0 Å². The fraction of sp³-hybridized carbons (Fsp3) is 0.722. The van der Waals surface area contributed by atoms with Gasteiger partial charge in [0.25, 0.3) is 0 Å². The lowest BCUT2D eigenvalue weighted by atomic mass is 9.96. The summed E-state index contributed by atoms with van der Waals surface area (Å²) in [7, 11) is 2.13. The third kappa shape index (κ3) is 5.27. The quantitative estimate of drug-likeness (QED) is 0.843. The summed E-state index contributed by atoms with van der Waals surface area (Å²) in [5, 5.41) is 0. The van der Waals surface area contributed by atoms with Gasteiger partial charge in [-0.05, 0) is 65.6 Å². The molecule has 130 valence electrons. The van der Waals surface area contributed by atoms with Gasteiger partial charge in [-0.25, -0.2) is 4.79 Å². The first-order chi connectivity index (χ1) is 10.8. The zero-order valence-electron chi connectivity index (χ0n) is 15.0. The molecule has 2 heterocycles. The largest absolute Gasteiger partial charge is 0.468 e. The third-order valence-electron chi connectivity index (χ3n) is 4.43. The van der Waals surface area contributed by atoms with Crippen LogP contribution in [-0.4, -0.2) is 48.2 Å². The molecule has 5 nitrogen and oxygen atoms in total. The molecule has 0 bridgehead atoms. The van der Waals surface area contributed by atoms with Crippen molar-refractivity contribution < 1.29 is 13.9 Å². The Labute approximate surface area is 139 Å². The van der Waals surface area contributed by atoms with Crippen molar-refractivity contribution in [2.75, 3.05) is 26.7 Å². The van der Waals surface area contributed by atoms with E-state index in [2.05, 4.69) is 18.9 Å². The summed E-state index contributed by atoms with van der Waals surface area (Å²) >= 11 is 0. The lowest BCUT2D eigenvalue weighted by Crippen LogP contribution is -2.43. The topological polar surface area (TPSA) is 45.9 Å². The first-order valence-corrected chi connectivity index (χ1v) is 8.48. The first-order valence-electron chi connectivity index (χ1n) is 8.48. The number of furan rings is 1. The van der Waals surface area contributed by atoms with Crippen LogP contribution in [-0.2, 0) is 4.74 Å². The maximum Gasteiger partial charge on any atom is 0.410 e. The molecule has 1 atom stereocenters. The van der Waals surface area contributed by atoms with E-state index < -0.39 is 5.60 Å². The van der Waals surface area contributed by atoms with E-state index in [0.717, 1.165) is 38.2 Å². The molecule has 2 rings (SSSR count). The van der Waals surface area contributed by atoms with Gasteiger partial charge in [0.05, 0.1) is 12.3 Å². The van der Waals surface area contributed by atoms with Crippen LogP contribution >= 0.6 is 0 Å². The summed E-state index contributed by atoms with van der Waals surface area (Å²) < 4.78 is 10.9. The SMILES string of the molecule is C[C@H](c1ccco1)N(C)CC1CCN(C(=O)OC(C)(C)C)CC1. The fourth-order valence-electron chi connectivity index (χ4n) is 2.94. The highest BCUT2D eigenvalue weighted by atomic mass is 16.6. The number of piperidine rings is 1. The van der Waals surface area contributed by atoms with E-state index in [4.69, 9.17) is 9.15 Å². The van der Waals surface area contributed by atoms with Crippen molar-refractivity contribution in [2.24, 2.45) is 5.92 Å². The summed E-state index contributed by atoms with van der Waals surface area (Å²) in [6.45, 7) is 10.5. The van der Waals surface area contributed by atoms with Crippen molar-refractivity contribution in [3.63, 3.8) is 0 Å². The van der Waals surface area contributed by atoms with Gasteiger partial charge in [0.1, 0.15) is 11.4 Å². The highest BCUT2D eigenvalue weighted by Gasteiger charge is 2.28. The van der Waals surface area contributed by atoms with E-state index in [1.54, 1.807) is 6.26 Å². The van der Waals surface area contributed by atoms with Crippen LogP contribution in [0.4, 0.5) is 4.79 Å².